The molecular weight excluding hydrogens is 400 g/mol. The standard InChI is InChI=1S/C23H28N2O6/c26-19(15-24-23(30)31-16-18-10-5-2-6-11-18)14-21(27)25-20(22(28)29)13-7-12-17-8-3-1-4-9-17/h1-6,8-11,19-20,26H,7,12-16H2,(H,24,30)(H,25,27)(H,28,29)/t19-,20+/m1/s1. The van der Waals surface area contributed by atoms with E-state index in [9.17, 15) is 24.6 Å². The molecule has 2 atom stereocenters. The maximum Gasteiger partial charge on any atom is 0.407 e. The van der Waals surface area contributed by atoms with Crippen LogP contribution in [-0.4, -0.2) is 46.9 Å². The first-order valence-electron chi connectivity index (χ1n) is 10.1. The summed E-state index contributed by atoms with van der Waals surface area (Å²) in [5.41, 5.74) is 1.92. The summed E-state index contributed by atoms with van der Waals surface area (Å²) in [6.45, 7) is -0.0979. The van der Waals surface area contributed by atoms with Gasteiger partial charge in [-0.3, -0.25) is 4.79 Å². The van der Waals surface area contributed by atoms with Crippen molar-refractivity contribution in [2.45, 2.75) is 44.4 Å². The molecule has 2 rings (SSSR count). The Kier molecular flexibility index (Phi) is 10.0. The molecule has 0 heterocycles. The molecule has 31 heavy (non-hydrogen) atoms. The molecule has 8 heteroatoms. The van der Waals surface area contributed by atoms with Gasteiger partial charge in [-0.15, -0.1) is 0 Å². The fourth-order valence-corrected chi connectivity index (χ4v) is 2.93. The average molecular weight is 428 g/mol. The van der Waals surface area contributed by atoms with Crippen LogP contribution >= 0.6 is 0 Å². The van der Waals surface area contributed by atoms with Crippen LogP contribution in [0.25, 0.3) is 0 Å². The van der Waals surface area contributed by atoms with E-state index in [4.69, 9.17) is 4.74 Å². The highest BCUT2D eigenvalue weighted by Crippen LogP contribution is 2.07. The number of carboxylic acids is 1. The van der Waals surface area contributed by atoms with Crippen LogP contribution < -0.4 is 10.6 Å². The molecule has 0 bridgehead atoms. The van der Waals surface area contributed by atoms with Crippen LogP contribution in [0.4, 0.5) is 4.79 Å². The Bertz CT molecular complexity index is 828. The first-order valence-corrected chi connectivity index (χ1v) is 10.1. The number of aliphatic hydroxyl groups excluding tert-OH is 1. The van der Waals surface area contributed by atoms with E-state index in [1.807, 2.05) is 60.7 Å². The van der Waals surface area contributed by atoms with Crippen LogP contribution in [0.15, 0.2) is 60.7 Å². The van der Waals surface area contributed by atoms with Gasteiger partial charge in [0.1, 0.15) is 12.6 Å². The van der Waals surface area contributed by atoms with Crippen LogP contribution in [0, 0.1) is 0 Å². The topological polar surface area (TPSA) is 125 Å². The molecule has 0 aliphatic carbocycles. The Hall–Kier alpha value is -3.39. The highest BCUT2D eigenvalue weighted by molar-refractivity contribution is 5.83. The van der Waals surface area contributed by atoms with Gasteiger partial charge in [0.25, 0.3) is 0 Å². The second-order valence-electron chi connectivity index (χ2n) is 7.14. The quantitative estimate of drug-likeness (QED) is 0.411. The van der Waals surface area contributed by atoms with Crippen molar-refractivity contribution in [3.63, 3.8) is 0 Å². The van der Waals surface area contributed by atoms with Crippen molar-refractivity contribution in [1.82, 2.24) is 10.6 Å². The number of alkyl carbamates (subject to hydrolysis) is 1. The number of carbonyl (C=O) groups excluding carboxylic acids is 2. The molecule has 0 unspecified atom stereocenters. The molecule has 2 amide bonds. The second-order valence-corrected chi connectivity index (χ2v) is 7.14. The molecule has 0 spiro atoms. The number of nitrogens with one attached hydrogen (secondary N) is 2. The lowest BCUT2D eigenvalue weighted by molar-refractivity contribution is -0.142. The molecule has 0 fully saturated rings. The van der Waals surface area contributed by atoms with E-state index >= 15 is 0 Å². The normalized spacial score (nSPS) is 12.4. The predicted octanol–water partition coefficient (Wildman–Crippen LogP) is 2.26. The van der Waals surface area contributed by atoms with Crippen molar-refractivity contribution >= 4 is 18.0 Å². The zero-order valence-corrected chi connectivity index (χ0v) is 17.2. The highest BCUT2D eigenvalue weighted by atomic mass is 16.5. The summed E-state index contributed by atoms with van der Waals surface area (Å²) in [5, 5.41) is 24.1. The number of amides is 2. The smallest absolute Gasteiger partial charge is 0.407 e. The van der Waals surface area contributed by atoms with Gasteiger partial charge in [-0.25, -0.2) is 9.59 Å². The summed E-state index contributed by atoms with van der Waals surface area (Å²) in [6.07, 6.45) is -0.635. The summed E-state index contributed by atoms with van der Waals surface area (Å²) in [6, 6.07) is 17.7. The van der Waals surface area contributed by atoms with Gasteiger partial charge in [0.05, 0.1) is 12.5 Å². The highest BCUT2D eigenvalue weighted by Gasteiger charge is 2.21. The summed E-state index contributed by atoms with van der Waals surface area (Å²) in [5.74, 6) is -1.72. The number of carboxylic acid groups (broad SMARTS) is 1. The molecular formula is C23H28N2O6. The summed E-state index contributed by atoms with van der Waals surface area (Å²) in [4.78, 5) is 35.2. The van der Waals surface area contributed by atoms with E-state index < -0.39 is 30.1 Å². The second kappa shape index (κ2) is 13.0. The lowest BCUT2D eigenvalue weighted by Crippen LogP contribution is -2.43. The van der Waals surface area contributed by atoms with Crippen LogP contribution in [-0.2, 0) is 27.4 Å². The number of aliphatic hydroxyl groups is 1. The van der Waals surface area contributed by atoms with Gasteiger partial charge in [-0.2, -0.15) is 0 Å². The number of benzene rings is 2. The molecule has 0 saturated carbocycles. The van der Waals surface area contributed by atoms with Crippen LogP contribution in [0.2, 0.25) is 0 Å². The molecule has 0 radical (unpaired) electrons. The van der Waals surface area contributed by atoms with Crippen LogP contribution in [0.1, 0.15) is 30.4 Å². The van der Waals surface area contributed by atoms with E-state index in [-0.39, 0.29) is 26.0 Å². The van der Waals surface area contributed by atoms with Gasteiger partial charge < -0.3 is 25.6 Å². The number of hydrogen-bond acceptors (Lipinski definition) is 5. The van der Waals surface area contributed by atoms with Crippen molar-refractivity contribution in [2.75, 3.05) is 6.54 Å². The lowest BCUT2D eigenvalue weighted by Gasteiger charge is -2.16. The monoisotopic (exact) mass is 428 g/mol. The first kappa shape index (κ1) is 23.9. The third-order valence-corrected chi connectivity index (χ3v) is 4.55. The Balaban J connectivity index is 1.66. The summed E-state index contributed by atoms with van der Waals surface area (Å²) < 4.78 is 5.02. The fourth-order valence-electron chi connectivity index (χ4n) is 2.93. The number of carbonyl (C=O) groups is 3. The van der Waals surface area contributed by atoms with E-state index in [2.05, 4.69) is 10.6 Å². The van der Waals surface area contributed by atoms with Crippen molar-refractivity contribution in [3.8, 4) is 0 Å². The Labute approximate surface area is 181 Å². The minimum absolute atomic E-state index is 0.0898. The minimum atomic E-state index is -1.16. The zero-order valence-electron chi connectivity index (χ0n) is 17.2. The molecule has 166 valence electrons. The van der Waals surface area contributed by atoms with Crippen molar-refractivity contribution < 1.29 is 29.3 Å². The van der Waals surface area contributed by atoms with Crippen molar-refractivity contribution in [2.24, 2.45) is 0 Å². The van der Waals surface area contributed by atoms with Crippen molar-refractivity contribution in [3.05, 3.63) is 71.8 Å². The van der Waals surface area contributed by atoms with Gasteiger partial charge in [0, 0.05) is 6.54 Å². The molecule has 0 aliphatic rings. The van der Waals surface area contributed by atoms with Gasteiger partial charge in [-0.1, -0.05) is 60.7 Å². The zero-order chi connectivity index (χ0) is 22.5. The van der Waals surface area contributed by atoms with Gasteiger partial charge >= 0.3 is 12.1 Å². The maximum atomic E-state index is 12.1. The SMILES string of the molecule is O=C(C[C@@H](O)CNC(=O)OCc1ccccc1)N[C@@H](CCCc1ccccc1)C(=O)O. The fraction of sp³-hybridized carbons (Fsp3) is 0.348. The van der Waals surface area contributed by atoms with Gasteiger partial charge in [0.2, 0.25) is 5.91 Å². The summed E-state index contributed by atoms with van der Waals surface area (Å²) >= 11 is 0. The third kappa shape index (κ3) is 9.77. The van der Waals surface area contributed by atoms with E-state index in [1.165, 1.54) is 0 Å². The summed E-state index contributed by atoms with van der Waals surface area (Å²) in [7, 11) is 0. The van der Waals surface area contributed by atoms with Crippen molar-refractivity contribution in [1.29, 1.82) is 0 Å². The number of rotatable bonds is 12. The molecule has 8 nitrogen and oxygen atoms in total. The molecule has 0 aliphatic heterocycles. The van der Waals surface area contributed by atoms with E-state index in [1.54, 1.807) is 0 Å². The number of aryl methyl sites for hydroxylation is 1. The Morgan fingerprint density at radius 1 is 0.935 bits per heavy atom. The Morgan fingerprint density at radius 3 is 2.16 bits per heavy atom. The maximum absolute atomic E-state index is 12.1. The number of aliphatic carboxylic acids is 1. The molecule has 2 aromatic rings. The predicted molar refractivity (Wildman–Crippen MR) is 114 cm³/mol. The van der Waals surface area contributed by atoms with Crippen LogP contribution in [0.3, 0.4) is 0 Å². The molecule has 4 N–H and O–H groups in total. The number of ether oxygens (including phenoxy) is 1. The largest absolute Gasteiger partial charge is 0.480 e. The minimum Gasteiger partial charge on any atom is -0.480 e. The molecule has 0 saturated heterocycles. The lowest BCUT2D eigenvalue weighted by atomic mass is 10.0. The average Bonchev–Trinajstić information content (AvgIpc) is 2.77. The molecule has 2 aromatic carbocycles. The molecule has 0 aromatic heterocycles. The first-order chi connectivity index (χ1) is 14.9. The Morgan fingerprint density at radius 2 is 1.55 bits per heavy atom. The van der Waals surface area contributed by atoms with Crippen LogP contribution in [0.5, 0.6) is 0 Å². The number of hydrogen-bond donors (Lipinski definition) is 4. The van der Waals surface area contributed by atoms with E-state index in [0.29, 0.717) is 12.8 Å². The van der Waals surface area contributed by atoms with Gasteiger partial charge in [-0.05, 0) is 30.4 Å². The van der Waals surface area contributed by atoms with Gasteiger partial charge in [0.15, 0.2) is 0 Å². The van der Waals surface area contributed by atoms with E-state index in [0.717, 1.165) is 11.1 Å². The third-order valence-electron chi connectivity index (χ3n) is 4.55.